The van der Waals surface area contributed by atoms with E-state index in [0.717, 1.165) is 5.56 Å². The topological polar surface area (TPSA) is 77.9 Å². The van der Waals surface area contributed by atoms with Crippen LogP contribution in [0.15, 0.2) is 30.3 Å². The van der Waals surface area contributed by atoms with Crippen LogP contribution in [0.5, 0.6) is 0 Å². The van der Waals surface area contributed by atoms with Crippen molar-refractivity contribution in [2.24, 2.45) is 0 Å². The van der Waals surface area contributed by atoms with Gasteiger partial charge in [0.1, 0.15) is 0 Å². The predicted octanol–water partition coefficient (Wildman–Crippen LogP) is 1.16. The van der Waals surface area contributed by atoms with Crippen LogP contribution in [0, 0.1) is 0 Å². The van der Waals surface area contributed by atoms with Crippen LogP contribution in [0.1, 0.15) is 18.9 Å². The molecule has 0 amide bonds. The van der Waals surface area contributed by atoms with Gasteiger partial charge in [0.2, 0.25) is 0 Å². The molecule has 0 aliphatic carbocycles. The molecule has 0 aliphatic heterocycles. The number of hydrogen-bond donors (Lipinski definition) is 1. The van der Waals surface area contributed by atoms with Crippen LogP contribution in [-0.4, -0.2) is 48.2 Å². The third kappa shape index (κ3) is 4.59. The third-order valence-electron chi connectivity index (χ3n) is 2.90. The first kappa shape index (κ1) is 16.6. The Morgan fingerprint density at radius 1 is 1.25 bits per heavy atom. The molecule has 1 aromatic carbocycles. The molecule has 0 bridgehead atoms. The van der Waals surface area contributed by atoms with Gasteiger partial charge in [-0.1, -0.05) is 37.3 Å². The second-order valence-electron chi connectivity index (χ2n) is 4.38. The molecule has 1 N–H and O–H groups in total. The maximum absolute atomic E-state index is 12.3. The zero-order chi connectivity index (χ0) is 15.2. The first-order valence-corrected chi connectivity index (χ1v) is 7.74. The Balaban J connectivity index is 2.76. The third-order valence-corrected chi connectivity index (χ3v) is 4.91. The lowest BCUT2D eigenvalue weighted by molar-refractivity contribution is -0.137. The van der Waals surface area contributed by atoms with Gasteiger partial charge in [-0.2, -0.15) is 17.0 Å². The van der Waals surface area contributed by atoms with Crippen LogP contribution in [-0.2, 0) is 21.5 Å². The fourth-order valence-electron chi connectivity index (χ4n) is 1.78. The molecule has 0 unspecified atom stereocenters. The van der Waals surface area contributed by atoms with Gasteiger partial charge in [-0.3, -0.25) is 4.79 Å². The smallest absolute Gasteiger partial charge is 0.304 e. The molecule has 0 saturated heterocycles. The lowest BCUT2D eigenvalue weighted by atomic mass is 10.2. The van der Waals surface area contributed by atoms with Gasteiger partial charge in [0, 0.05) is 26.7 Å². The Kier molecular flexibility index (Phi) is 6.12. The highest BCUT2D eigenvalue weighted by Gasteiger charge is 2.25. The minimum atomic E-state index is -3.64. The van der Waals surface area contributed by atoms with Gasteiger partial charge in [-0.05, 0) is 5.56 Å². The zero-order valence-corrected chi connectivity index (χ0v) is 12.5. The minimum Gasteiger partial charge on any atom is -0.481 e. The molecule has 0 aromatic heterocycles. The summed E-state index contributed by atoms with van der Waals surface area (Å²) in [7, 11) is -2.15. The lowest BCUT2D eigenvalue weighted by Gasteiger charge is -2.26. The largest absolute Gasteiger partial charge is 0.481 e. The van der Waals surface area contributed by atoms with Gasteiger partial charge in [0.05, 0.1) is 6.42 Å². The summed E-state index contributed by atoms with van der Waals surface area (Å²) >= 11 is 0. The van der Waals surface area contributed by atoms with Crippen molar-refractivity contribution < 1.29 is 18.3 Å². The highest BCUT2D eigenvalue weighted by molar-refractivity contribution is 7.86. The van der Waals surface area contributed by atoms with Crippen molar-refractivity contribution in [3.63, 3.8) is 0 Å². The van der Waals surface area contributed by atoms with Gasteiger partial charge in [-0.15, -0.1) is 0 Å². The zero-order valence-electron chi connectivity index (χ0n) is 11.7. The summed E-state index contributed by atoms with van der Waals surface area (Å²) in [6, 6.07) is 9.25. The van der Waals surface area contributed by atoms with Gasteiger partial charge < -0.3 is 5.11 Å². The van der Waals surface area contributed by atoms with Crippen molar-refractivity contribution >= 4 is 16.2 Å². The second-order valence-corrected chi connectivity index (χ2v) is 6.42. The summed E-state index contributed by atoms with van der Waals surface area (Å²) in [5.74, 6) is -1.01. The first-order valence-electron chi connectivity index (χ1n) is 6.35. The van der Waals surface area contributed by atoms with Crippen molar-refractivity contribution in [2.75, 3.05) is 20.1 Å². The highest BCUT2D eigenvalue weighted by Crippen LogP contribution is 2.11. The van der Waals surface area contributed by atoms with E-state index in [1.54, 1.807) is 6.92 Å². The van der Waals surface area contributed by atoms with Crippen molar-refractivity contribution in [3.05, 3.63) is 35.9 Å². The van der Waals surface area contributed by atoms with Gasteiger partial charge in [-0.25, -0.2) is 0 Å². The number of benzene rings is 1. The highest BCUT2D eigenvalue weighted by atomic mass is 32.2. The number of aliphatic carboxylic acids is 1. The molecule has 0 heterocycles. The summed E-state index contributed by atoms with van der Waals surface area (Å²) in [5.41, 5.74) is 0.882. The molecule has 20 heavy (non-hydrogen) atoms. The number of carboxylic acid groups (broad SMARTS) is 1. The van der Waals surface area contributed by atoms with E-state index >= 15 is 0 Å². The Bertz CT molecular complexity index is 531. The van der Waals surface area contributed by atoms with E-state index in [4.69, 9.17) is 5.11 Å². The summed E-state index contributed by atoms with van der Waals surface area (Å²) in [6.07, 6.45) is -0.202. The van der Waals surface area contributed by atoms with Crippen molar-refractivity contribution in [1.82, 2.24) is 8.61 Å². The van der Waals surface area contributed by atoms with Crippen LogP contribution in [0.4, 0.5) is 0 Å². The van der Waals surface area contributed by atoms with E-state index in [9.17, 15) is 13.2 Å². The van der Waals surface area contributed by atoms with E-state index in [2.05, 4.69) is 0 Å². The van der Waals surface area contributed by atoms with Gasteiger partial charge >= 0.3 is 5.97 Å². The van der Waals surface area contributed by atoms with Crippen LogP contribution in [0.2, 0.25) is 0 Å². The molecule has 6 nitrogen and oxygen atoms in total. The Morgan fingerprint density at radius 2 is 1.85 bits per heavy atom. The lowest BCUT2D eigenvalue weighted by Crippen LogP contribution is -2.42. The van der Waals surface area contributed by atoms with E-state index in [-0.39, 0.29) is 26.1 Å². The molecule has 0 fully saturated rings. The van der Waals surface area contributed by atoms with Gasteiger partial charge in [0.15, 0.2) is 0 Å². The molecule has 0 saturated carbocycles. The minimum absolute atomic E-state index is 0.0205. The van der Waals surface area contributed by atoms with Crippen LogP contribution in [0.25, 0.3) is 0 Å². The average Bonchev–Trinajstić information content (AvgIpc) is 2.39. The maximum atomic E-state index is 12.3. The molecule has 7 heteroatoms. The van der Waals surface area contributed by atoms with Gasteiger partial charge in [0.25, 0.3) is 10.2 Å². The van der Waals surface area contributed by atoms with Crippen LogP contribution >= 0.6 is 0 Å². The molecular weight excluding hydrogens is 280 g/mol. The molecular formula is C13H20N2O4S. The molecule has 112 valence electrons. The fraction of sp³-hybridized carbons (Fsp3) is 0.462. The fourth-order valence-corrected chi connectivity index (χ4v) is 3.13. The number of nitrogens with zero attached hydrogens (tertiary/aromatic N) is 2. The molecule has 1 aromatic rings. The quantitative estimate of drug-likeness (QED) is 0.781. The van der Waals surface area contributed by atoms with Crippen molar-refractivity contribution in [1.29, 1.82) is 0 Å². The molecule has 1 rings (SSSR count). The standard InChI is InChI=1S/C13H20N2O4S/c1-3-15(10-9-13(16)17)20(18,19)14(2)11-12-7-5-4-6-8-12/h4-8H,3,9-11H2,1-2H3,(H,16,17). The summed E-state index contributed by atoms with van der Waals surface area (Å²) in [4.78, 5) is 10.6. The van der Waals surface area contributed by atoms with E-state index in [1.807, 2.05) is 30.3 Å². The van der Waals surface area contributed by atoms with Crippen molar-refractivity contribution in [2.45, 2.75) is 19.9 Å². The summed E-state index contributed by atoms with van der Waals surface area (Å²) < 4.78 is 27.1. The number of hydrogen-bond acceptors (Lipinski definition) is 3. The second kappa shape index (κ2) is 7.37. The number of carbonyl (C=O) groups is 1. The van der Waals surface area contributed by atoms with E-state index in [1.165, 1.54) is 15.7 Å². The van der Waals surface area contributed by atoms with Crippen molar-refractivity contribution in [3.8, 4) is 0 Å². The Hall–Kier alpha value is -1.44. The monoisotopic (exact) mass is 300 g/mol. The van der Waals surface area contributed by atoms with Crippen LogP contribution < -0.4 is 0 Å². The Labute approximate surface area is 119 Å². The molecule has 0 spiro atoms. The first-order chi connectivity index (χ1) is 9.37. The summed E-state index contributed by atoms with van der Waals surface area (Å²) in [5, 5.41) is 8.66. The SMILES string of the molecule is CCN(CCC(=O)O)S(=O)(=O)N(C)Cc1ccccc1. The van der Waals surface area contributed by atoms with E-state index in [0.29, 0.717) is 0 Å². The predicted molar refractivity (Wildman–Crippen MR) is 76.3 cm³/mol. The number of carboxylic acids is 1. The number of rotatable bonds is 8. The maximum Gasteiger partial charge on any atom is 0.304 e. The summed E-state index contributed by atoms with van der Waals surface area (Å²) in [6.45, 7) is 2.17. The normalized spacial score (nSPS) is 12.0. The Morgan fingerprint density at radius 3 is 2.35 bits per heavy atom. The average molecular weight is 300 g/mol. The molecule has 0 atom stereocenters. The van der Waals surface area contributed by atoms with E-state index < -0.39 is 16.2 Å². The molecule has 0 radical (unpaired) electrons. The van der Waals surface area contributed by atoms with Crippen LogP contribution in [0.3, 0.4) is 0 Å². The molecule has 0 aliphatic rings.